The van der Waals surface area contributed by atoms with Crippen LogP contribution in [0.25, 0.3) is 0 Å². The number of nitrogens with zero attached hydrogens (tertiary/aromatic N) is 1. The average molecular weight is 273 g/mol. The fraction of sp³-hybridized carbons (Fsp3) is 0.467. The number of aliphatic hydroxyl groups excluding tert-OH is 1. The fourth-order valence-corrected chi connectivity index (χ4v) is 3.74. The van der Waals surface area contributed by atoms with Crippen LogP contribution in [-0.4, -0.2) is 34.2 Å². The van der Waals surface area contributed by atoms with Gasteiger partial charge in [-0.2, -0.15) is 0 Å². The van der Waals surface area contributed by atoms with Gasteiger partial charge >= 0.3 is 0 Å². The minimum Gasteiger partial charge on any atom is -0.390 e. The van der Waals surface area contributed by atoms with Crippen LogP contribution in [0.3, 0.4) is 0 Å². The van der Waals surface area contributed by atoms with Crippen LogP contribution in [0.2, 0.25) is 0 Å². The maximum Gasteiger partial charge on any atom is 0.285 e. The molecule has 1 aromatic rings. The Kier molecular flexibility index (Phi) is 2.49. The van der Waals surface area contributed by atoms with E-state index in [1.807, 2.05) is 0 Å². The number of rotatable bonds is 2. The molecule has 0 saturated heterocycles. The molecule has 5 nitrogen and oxygen atoms in total. The zero-order valence-corrected chi connectivity index (χ0v) is 10.9. The van der Waals surface area contributed by atoms with Crippen molar-refractivity contribution in [3.05, 3.63) is 35.4 Å². The smallest absolute Gasteiger partial charge is 0.285 e. The van der Waals surface area contributed by atoms with E-state index >= 15 is 0 Å². The van der Waals surface area contributed by atoms with Crippen molar-refractivity contribution in [2.45, 2.75) is 31.5 Å². The molecule has 104 valence electrons. The normalized spacial score (nSPS) is 35.0. The number of hydroxylamine groups is 2. The van der Waals surface area contributed by atoms with Crippen LogP contribution in [0.15, 0.2) is 24.3 Å². The molecule has 2 saturated carbocycles. The lowest BCUT2D eigenvalue weighted by Crippen LogP contribution is -2.42. The van der Waals surface area contributed by atoms with Crippen molar-refractivity contribution in [3.63, 3.8) is 0 Å². The first-order valence-corrected chi connectivity index (χ1v) is 6.99. The molecule has 2 amide bonds. The van der Waals surface area contributed by atoms with Gasteiger partial charge in [0.15, 0.2) is 0 Å². The Morgan fingerprint density at radius 3 is 2.20 bits per heavy atom. The van der Waals surface area contributed by atoms with Crippen molar-refractivity contribution in [3.8, 4) is 0 Å². The summed E-state index contributed by atoms with van der Waals surface area (Å²) in [6.07, 6.45) is 1.92. The number of hydrogen-bond acceptors (Lipinski definition) is 4. The lowest BCUT2D eigenvalue weighted by atomic mass is 9.95. The highest BCUT2D eigenvalue weighted by molar-refractivity contribution is 6.20. The van der Waals surface area contributed by atoms with Crippen LogP contribution in [0, 0.1) is 11.8 Å². The van der Waals surface area contributed by atoms with Gasteiger partial charge in [0.2, 0.25) is 0 Å². The Balaban J connectivity index is 1.59. The molecule has 5 heteroatoms. The summed E-state index contributed by atoms with van der Waals surface area (Å²) in [7, 11) is 0. The van der Waals surface area contributed by atoms with Crippen LogP contribution >= 0.6 is 0 Å². The number of aliphatic hydroxyl groups is 1. The van der Waals surface area contributed by atoms with E-state index in [1.54, 1.807) is 24.3 Å². The molecule has 4 rings (SSSR count). The molecule has 2 bridgehead atoms. The second-order valence-corrected chi connectivity index (χ2v) is 5.84. The van der Waals surface area contributed by atoms with E-state index in [-0.39, 0.29) is 11.8 Å². The minimum absolute atomic E-state index is 0.249. The van der Waals surface area contributed by atoms with E-state index in [0.29, 0.717) is 11.1 Å². The van der Waals surface area contributed by atoms with Crippen molar-refractivity contribution in [1.29, 1.82) is 0 Å². The van der Waals surface area contributed by atoms with E-state index in [4.69, 9.17) is 4.84 Å². The van der Waals surface area contributed by atoms with Gasteiger partial charge in [0.1, 0.15) is 6.10 Å². The maximum absolute atomic E-state index is 12.2. The number of carbonyl (C=O) groups is 2. The SMILES string of the molecule is O=C1c2ccccc2C(=O)N1OC1C2CCC(C2)C1O. The number of carbonyl (C=O) groups excluding carboxylic acids is 2. The van der Waals surface area contributed by atoms with Crippen molar-refractivity contribution in [2.24, 2.45) is 11.8 Å². The van der Waals surface area contributed by atoms with Gasteiger partial charge in [-0.1, -0.05) is 12.1 Å². The Morgan fingerprint density at radius 1 is 1.05 bits per heavy atom. The van der Waals surface area contributed by atoms with Crippen LogP contribution in [0.4, 0.5) is 0 Å². The molecule has 1 aromatic carbocycles. The van der Waals surface area contributed by atoms with Gasteiger partial charge in [0.25, 0.3) is 11.8 Å². The van der Waals surface area contributed by atoms with Crippen molar-refractivity contribution < 1.29 is 19.5 Å². The first kappa shape index (κ1) is 12.1. The molecule has 0 radical (unpaired) electrons. The third-order valence-corrected chi connectivity index (χ3v) is 4.78. The number of amides is 2. The molecule has 1 N–H and O–H groups in total. The maximum atomic E-state index is 12.2. The molecule has 4 unspecified atom stereocenters. The predicted octanol–water partition coefficient (Wildman–Crippen LogP) is 1.37. The number of benzene rings is 1. The van der Waals surface area contributed by atoms with Gasteiger partial charge in [-0.25, -0.2) is 0 Å². The highest BCUT2D eigenvalue weighted by Gasteiger charge is 2.50. The summed E-state index contributed by atoms with van der Waals surface area (Å²) in [5.41, 5.74) is 0.741. The molecular formula is C15H15NO4. The van der Waals surface area contributed by atoms with Gasteiger partial charge in [-0.3, -0.25) is 14.4 Å². The summed E-state index contributed by atoms with van der Waals surface area (Å²) in [5, 5.41) is 11.0. The van der Waals surface area contributed by atoms with Gasteiger partial charge in [-0.05, 0) is 43.2 Å². The second kappa shape index (κ2) is 4.14. The monoisotopic (exact) mass is 273 g/mol. The Bertz CT molecular complexity index is 562. The Hall–Kier alpha value is -1.72. The summed E-state index contributed by atoms with van der Waals surface area (Å²) >= 11 is 0. The zero-order chi connectivity index (χ0) is 13.9. The van der Waals surface area contributed by atoms with Gasteiger partial charge in [0.05, 0.1) is 17.2 Å². The number of hydrogen-bond donors (Lipinski definition) is 1. The highest BCUT2D eigenvalue weighted by Crippen LogP contribution is 2.46. The minimum atomic E-state index is -0.571. The van der Waals surface area contributed by atoms with E-state index in [0.717, 1.165) is 24.3 Å². The van der Waals surface area contributed by atoms with Gasteiger partial charge in [-0.15, -0.1) is 5.06 Å². The van der Waals surface area contributed by atoms with Crippen LogP contribution in [0.1, 0.15) is 40.0 Å². The van der Waals surface area contributed by atoms with Gasteiger partial charge < -0.3 is 5.11 Å². The van der Waals surface area contributed by atoms with Crippen molar-refractivity contribution in [1.82, 2.24) is 5.06 Å². The molecule has 1 aliphatic heterocycles. The van der Waals surface area contributed by atoms with E-state index < -0.39 is 24.0 Å². The molecule has 3 aliphatic rings. The largest absolute Gasteiger partial charge is 0.390 e. The first-order valence-electron chi connectivity index (χ1n) is 6.99. The summed E-state index contributed by atoms with van der Waals surface area (Å²) in [5.74, 6) is -0.361. The molecule has 0 aromatic heterocycles. The van der Waals surface area contributed by atoms with Crippen molar-refractivity contribution >= 4 is 11.8 Å². The quantitative estimate of drug-likeness (QED) is 0.826. The molecule has 4 atom stereocenters. The van der Waals surface area contributed by atoms with E-state index in [1.165, 1.54) is 0 Å². The molecule has 2 fully saturated rings. The summed E-state index contributed by atoms with van der Waals surface area (Å²) in [6.45, 7) is 0. The zero-order valence-electron chi connectivity index (χ0n) is 10.9. The van der Waals surface area contributed by atoms with E-state index in [2.05, 4.69) is 0 Å². The third kappa shape index (κ3) is 1.50. The summed E-state index contributed by atoms with van der Waals surface area (Å²) in [6, 6.07) is 6.69. The summed E-state index contributed by atoms with van der Waals surface area (Å²) < 4.78 is 0. The number of imide groups is 1. The molecule has 1 heterocycles. The molecule has 2 aliphatic carbocycles. The van der Waals surface area contributed by atoms with Gasteiger partial charge in [0, 0.05) is 0 Å². The standard InChI is InChI=1S/C15H15NO4/c17-12-8-5-6-9(7-8)13(12)20-16-14(18)10-3-1-2-4-11(10)15(16)19/h1-4,8-9,12-13,17H,5-7H2. The van der Waals surface area contributed by atoms with Crippen LogP contribution < -0.4 is 0 Å². The summed E-state index contributed by atoms with van der Waals surface area (Å²) in [4.78, 5) is 30.0. The highest BCUT2D eigenvalue weighted by atomic mass is 16.7. The first-order chi connectivity index (χ1) is 9.66. The average Bonchev–Trinajstić information content (AvgIpc) is 3.11. The Morgan fingerprint density at radius 2 is 1.65 bits per heavy atom. The second-order valence-electron chi connectivity index (χ2n) is 5.84. The topological polar surface area (TPSA) is 66.8 Å². The van der Waals surface area contributed by atoms with Crippen molar-refractivity contribution in [2.75, 3.05) is 0 Å². The number of fused-ring (bicyclic) bond motifs is 3. The lowest BCUT2D eigenvalue weighted by molar-refractivity contribution is -0.178. The molecular weight excluding hydrogens is 258 g/mol. The molecule has 20 heavy (non-hydrogen) atoms. The van der Waals surface area contributed by atoms with Crippen LogP contribution in [0.5, 0.6) is 0 Å². The van der Waals surface area contributed by atoms with Crippen LogP contribution in [-0.2, 0) is 4.84 Å². The third-order valence-electron chi connectivity index (χ3n) is 4.78. The fourth-order valence-electron chi connectivity index (χ4n) is 3.74. The lowest BCUT2D eigenvalue weighted by Gasteiger charge is -2.29. The molecule has 0 spiro atoms. The Labute approximate surface area is 116 Å². The van der Waals surface area contributed by atoms with E-state index in [9.17, 15) is 14.7 Å². The predicted molar refractivity (Wildman–Crippen MR) is 68.7 cm³/mol.